The molecule has 0 aromatic heterocycles. The molecule has 0 aliphatic heterocycles. The normalized spacial score (nSPS) is 35.6. The van der Waals surface area contributed by atoms with Gasteiger partial charge in [0.1, 0.15) is 0 Å². The van der Waals surface area contributed by atoms with Gasteiger partial charge in [0, 0.05) is 11.8 Å². The smallest absolute Gasteiger partial charge is 0.0746 e. The number of hydrogen-bond donors (Lipinski definition) is 1. The molecule has 2 bridgehead atoms. The molecule has 0 fully saturated rings. The molecule has 1 aromatic carbocycles. The quantitative estimate of drug-likeness (QED) is 0.571. The fraction of sp³-hybridized carbons (Fsp3) is 0.273. The molecular formula is C11H10O. The number of aliphatic hydroxyl groups excluding tert-OH is 1. The molecule has 2 aliphatic carbocycles. The van der Waals surface area contributed by atoms with Gasteiger partial charge < -0.3 is 5.11 Å². The molecule has 12 heavy (non-hydrogen) atoms. The number of benzene rings is 1. The van der Waals surface area contributed by atoms with Crippen molar-refractivity contribution < 1.29 is 5.11 Å². The minimum Gasteiger partial charge on any atom is -0.391 e. The highest BCUT2D eigenvalue weighted by Gasteiger charge is 2.40. The summed E-state index contributed by atoms with van der Waals surface area (Å²) >= 11 is 0. The highest BCUT2D eigenvalue weighted by molar-refractivity contribution is 5.49. The molecule has 2 aliphatic rings. The van der Waals surface area contributed by atoms with Crippen molar-refractivity contribution in [3.05, 3.63) is 47.5 Å². The minimum atomic E-state index is -0.192. The van der Waals surface area contributed by atoms with Gasteiger partial charge in [-0.3, -0.25) is 0 Å². The van der Waals surface area contributed by atoms with E-state index in [0.717, 1.165) is 0 Å². The third-order valence-corrected chi connectivity index (χ3v) is 2.98. The first-order valence-corrected chi connectivity index (χ1v) is 4.33. The van der Waals surface area contributed by atoms with Crippen molar-refractivity contribution in [2.24, 2.45) is 0 Å². The third-order valence-electron chi connectivity index (χ3n) is 2.98. The molecule has 3 rings (SSSR count). The van der Waals surface area contributed by atoms with E-state index in [9.17, 15) is 5.11 Å². The predicted molar refractivity (Wildman–Crippen MR) is 47.1 cm³/mol. The van der Waals surface area contributed by atoms with Crippen LogP contribution in [0.2, 0.25) is 0 Å². The Morgan fingerprint density at radius 1 is 0.917 bits per heavy atom. The predicted octanol–water partition coefficient (Wildman–Crippen LogP) is 1.80. The van der Waals surface area contributed by atoms with Crippen LogP contribution in [0.5, 0.6) is 0 Å². The third kappa shape index (κ3) is 0.585. The second-order valence-corrected chi connectivity index (χ2v) is 3.56. The van der Waals surface area contributed by atoms with Gasteiger partial charge in [0.05, 0.1) is 6.10 Å². The Hall–Kier alpha value is -1.08. The van der Waals surface area contributed by atoms with Gasteiger partial charge in [0.15, 0.2) is 0 Å². The monoisotopic (exact) mass is 158 g/mol. The van der Waals surface area contributed by atoms with Crippen molar-refractivity contribution in [1.29, 1.82) is 0 Å². The van der Waals surface area contributed by atoms with Gasteiger partial charge in [-0.2, -0.15) is 0 Å². The summed E-state index contributed by atoms with van der Waals surface area (Å²) in [7, 11) is 0. The Kier molecular flexibility index (Phi) is 1.07. The molecule has 0 radical (unpaired) electrons. The lowest BCUT2D eigenvalue weighted by Gasteiger charge is -2.07. The standard InChI is InChI=1S/C11H10O/c12-11-9-5-6-10(11)8-4-2-1-3-7(8)9/h1-6,9-12H. The summed E-state index contributed by atoms with van der Waals surface area (Å²) in [5.74, 6) is 0.539. The van der Waals surface area contributed by atoms with E-state index in [4.69, 9.17) is 0 Å². The summed E-state index contributed by atoms with van der Waals surface area (Å²) in [5.41, 5.74) is 2.63. The van der Waals surface area contributed by atoms with E-state index < -0.39 is 0 Å². The van der Waals surface area contributed by atoms with Crippen molar-refractivity contribution in [1.82, 2.24) is 0 Å². The van der Waals surface area contributed by atoms with Crippen LogP contribution in [0.4, 0.5) is 0 Å². The van der Waals surface area contributed by atoms with Crippen LogP contribution >= 0.6 is 0 Å². The zero-order valence-electron chi connectivity index (χ0n) is 6.64. The molecule has 2 atom stereocenters. The van der Waals surface area contributed by atoms with Crippen molar-refractivity contribution in [3.8, 4) is 0 Å². The van der Waals surface area contributed by atoms with E-state index in [0.29, 0.717) is 0 Å². The maximum atomic E-state index is 9.79. The van der Waals surface area contributed by atoms with E-state index in [-0.39, 0.29) is 17.9 Å². The first-order chi connectivity index (χ1) is 5.88. The van der Waals surface area contributed by atoms with Crippen molar-refractivity contribution in [2.75, 3.05) is 0 Å². The lowest BCUT2D eigenvalue weighted by Crippen LogP contribution is -2.09. The lowest BCUT2D eigenvalue weighted by molar-refractivity contribution is 0.167. The zero-order valence-corrected chi connectivity index (χ0v) is 6.64. The van der Waals surface area contributed by atoms with Crippen molar-refractivity contribution in [2.45, 2.75) is 17.9 Å². The number of rotatable bonds is 0. The van der Waals surface area contributed by atoms with Crippen molar-refractivity contribution in [3.63, 3.8) is 0 Å². The molecule has 1 aromatic rings. The fourth-order valence-electron chi connectivity index (χ4n) is 2.38. The fourth-order valence-corrected chi connectivity index (χ4v) is 2.38. The van der Waals surface area contributed by atoms with Crippen LogP contribution in [0.1, 0.15) is 23.0 Å². The van der Waals surface area contributed by atoms with Gasteiger partial charge in [-0.25, -0.2) is 0 Å². The second kappa shape index (κ2) is 1.99. The van der Waals surface area contributed by atoms with Crippen LogP contribution in [-0.2, 0) is 0 Å². The zero-order chi connectivity index (χ0) is 8.13. The summed E-state index contributed by atoms with van der Waals surface area (Å²) in [5, 5.41) is 9.79. The topological polar surface area (TPSA) is 20.2 Å². The molecule has 0 heterocycles. The van der Waals surface area contributed by atoms with E-state index in [2.05, 4.69) is 24.3 Å². The largest absolute Gasteiger partial charge is 0.391 e. The summed E-state index contributed by atoms with van der Waals surface area (Å²) in [6.07, 6.45) is 4.05. The van der Waals surface area contributed by atoms with Gasteiger partial charge >= 0.3 is 0 Å². The molecule has 2 unspecified atom stereocenters. The molecule has 1 N–H and O–H groups in total. The average molecular weight is 158 g/mol. The highest BCUT2D eigenvalue weighted by Crippen LogP contribution is 2.48. The summed E-state index contributed by atoms with van der Waals surface area (Å²) in [6, 6.07) is 8.32. The Bertz CT molecular complexity index is 321. The number of fused-ring (bicyclic) bond motifs is 5. The van der Waals surface area contributed by atoms with E-state index in [1.54, 1.807) is 0 Å². The molecule has 60 valence electrons. The minimum absolute atomic E-state index is 0.192. The summed E-state index contributed by atoms with van der Waals surface area (Å²) in [4.78, 5) is 0. The van der Waals surface area contributed by atoms with E-state index >= 15 is 0 Å². The van der Waals surface area contributed by atoms with Crippen LogP contribution in [0.25, 0.3) is 0 Å². The molecular weight excluding hydrogens is 148 g/mol. The van der Waals surface area contributed by atoms with Crippen molar-refractivity contribution >= 4 is 0 Å². The Morgan fingerprint density at radius 3 is 1.92 bits per heavy atom. The maximum absolute atomic E-state index is 9.79. The number of aliphatic hydroxyl groups is 1. The van der Waals surface area contributed by atoms with Gasteiger partial charge in [-0.05, 0) is 11.1 Å². The Balaban J connectivity index is 2.25. The van der Waals surface area contributed by atoms with E-state index in [1.165, 1.54) is 11.1 Å². The molecule has 1 nitrogen and oxygen atoms in total. The van der Waals surface area contributed by atoms with Crippen LogP contribution < -0.4 is 0 Å². The van der Waals surface area contributed by atoms with Gasteiger partial charge in [-0.1, -0.05) is 36.4 Å². The van der Waals surface area contributed by atoms with Crippen LogP contribution in [-0.4, -0.2) is 11.2 Å². The Labute approximate surface area is 71.3 Å². The molecule has 0 amide bonds. The molecule has 1 heteroatoms. The SMILES string of the molecule is OC1C2C=CC1c1ccccc12. The van der Waals surface area contributed by atoms with Crippen LogP contribution in [0.15, 0.2) is 36.4 Å². The van der Waals surface area contributed by atoms with Crippen LogP contribution in [0.3, 0.4) is 0 Å². The Morgan fingerprint density at radius 2 is 1.42 bits per heavy atom. The first kappa shape index (κ1) is 6.44. The summed E-state index contributed by atoms with van der Waals surface area (Å²) in [6.45, 7) is 0. The first-order valence-electron chi connectivity index (χ1n) is 4.33. The average Bonchev–Trinajstić information content (AvgIpc) is 2.61. The van der Waals surface area contributed by atoms with Gasteiger partial charge in [-0.15, -0.1) is 0 Å². The molecule has 0 saturated heterocycles. The lowest BCUT2D eigenvalue weighted by atomic mass is 9.97. The van der Waals surface area contributed by atoms with Gasteiger partial charge in [0.2, 0.25) is 0 Å². The molecule has 0 saturated carbocycles. The highest BCUT2D eigenvalue weighted by atomic mass is 16.3. The number of hydrogen-bond acceptors (Lipinski definition) is 1. The van der Waals surface area contributed by atoms with Crippen LogP contribution in [0, 0.1) is 0 Å². The maximum Gasteiger partial charge on any atom is 0.0746 e. The molecule has 0 spiro atoms. The van der Waals surface area contributed by atoms with Gasteiger partial charge in [0.25, 0.3) is 0 Å². The summed E-state index contributed by atoms with van der Waals surface area (Å²) < 4.78 is 0. The second-order valence-electron chi connectivity index (χ2n) is 3.56. The van der Waals surface area contributed by atoms with E-state index in [1.807, 2.05) is 12.1 Å².